The number of carbonyl (C=O) groups is 2. The summed E-state index contributed by atoms with van der Waals surface area (Å²) in [5, 5.41) is 5.83. The lowest BCUT2D eigenvalue weighted by Gasteiger charge is -2.16. The minimum atomic E-state index is -3.55. The molecule has 1 aromatic carbocycles. The van der Waals surface area contributed by atoms with Gasteiger partial charge in [-0.05, 0) is 56.5 Å². The van der Waals surface area contributed by atoms with E-state index in [2.05, 4.69) is 10.6 Å². The maximum Gasteiger partial charge on any atom is 0.256 e. The molecule has 0 saturated heterocycles. The van der Waals surface area contributed by atoms with Crippen molar-refractivity contribution in [1.82, 2.24) is 9.62 Å². The van der Waals surface area contributed by atoms with Crippen LogP contribution in [0.3, 0.4) is 0 Å². The van der Waals surface area contributed by atoms with Crippen LogP contribution >= 0.6 is 11.3 Å². The highest BCUT2D eigenvalue weighted by atomic mass is 32.2. The predicted octanol–water partition coefficient (Wildman–Crippen LogP) is 2.76. The van der Waals surface area contributed by atoms with Crippen molar-refractivity contribution >= 4 is 38.2 Å². The zero-order valence-electron chi connectivity index (χ0n) is 16.2. The molecule has 0 aliphatic heterocycles. The van der Waals surface area contributed by atoms with Crippen LogP contribution in [0.15, 0.2) is 29.2 Å². The molecule has 7 nitrogen and oxygen atoms in total. The van der Waals surface area contributed by atoms with E-state index in [-0.39, 0.29) is 16.8 Å². The van der Waals surface area contributed by atoms with Gasteiger partial charge in [-0.1, -0.05) is 0 Å². The average Bonchev–Trinajstić information content (AvgIpc) is 3.48. The monoisotopic (exact) mass is 421 g/mol. The molecule has 2 amide bonds. The molecule has 150 valence electrons. The van der Waals surface area contributed by atoms with Gasteiger partial charge in [0.15, 0.2) is 0 Å². The fourth-order valence-electron chi connectivity index (χ4n) is 2.87. The summed E-state index contributed by atoms with van der Waals surface area (Å²) in [5.41, 5.74) is 1.59. The van der Waals surface area contributed by atoms with Gasteiger partial charge >= 0.3 is 0 Å². The largest absolute Gasteiger partial charge is 0.355 e. The SMILES string of the molecule is CNC(=O)c1c(NC(=O)c2ccc(S(=O)(=O)N(C)C3CC3)cc2)sc(C)c1C. The van der Waals surface area contributed by atoms with Gasteiger partial charge in [-0.2, -0.15) is 4.31 Å². The molecule has 1 aliphatic rings. The number of carbonyl (C=O) groups excluding carboxylic acids is 2. The normalized spacial score (nSPS) is 14.2. The van der Waals surface area contributed by atoms with Crippen LogP contribution in [0.25, 0.3) is 0 Å². The van der Waals surface area contributed by atoms with Crippen molar-refractivity contribution in [3.05, 3.63) is 45.8 Å². The second kappa shape index (κ2) is 7.65. The Kier molecular flexibility index (Phi) is 5.60. The molecule has 9 heteroatoms. The molecule has 1 fully saturated rings. The molecule has 28 heavy (non-hydrogen) atoms. The molecule has 1 aliphatic carbocycles. The smallest absolute Gasteiger partial charge is 0.256 e. The van der Waals surface area contributed by atoms with Crippen molar-refractivity contribution in [2.45, 2.75) is 37.6 Å². The molecule has 2 N–H and O–H groups in total. The quantitative estimate of drug-likeness (QED) is 0.750. The van der Waals surface area contributed by atoms with Gasteiger partial charge in [0, 0.05) is 30.6 Å². The summed E-state index contributed by atoms with van der Waals surface area (Å²) in [6.45, 7) is 3.72. The zero-order valence-corrected chi connectivity index (χ0v) is 17.8. The molecule has 1 aromatic heterocycles. The van der Waals surface area contributed by atoms with Gasteiger partial charge in [0.2, 0.25) is 10.0 Å². The predicted molar refractivity (Wildman–Crippen MR) is 110 cm³/mol. The Bertz CT molecular complexity index is 1020. The number of nitrogens with one attached hydrogen (secondary N) is 2. The van der Waals surface area contributed by atoms with E-state index in [0.29, 0.717) is 16.1 Å². The Hall–Kier alpha value is -2.23. The third kappa shape index (κ3) is 3.82. The Labute approximate surface area is 168 Å². The summed E-state index contributed by atoms with van der Waals surface area (Å²) in [5.74, 6) is -0.660. The third-order valence-electron chi connectivity index (χ3n) is 4.92. The second-order valence-electron chi connectivity index (χ2n) is 6.80. The van der Waals surface area contributed by atoms with Crippen molar-refractivity contribution in [1.29, 1.82) is 0 Å². The lowest BCUT2D eigenvalue weighted by Crippen LogP contribution is -2.29. The van der Waals surface area contributed by atoms with Crippen LogP contribution < -0.4 is 10.6 Å². The van der Waals surface area contributed by atoms with E-state index in [1.807, 2.05) is 13.8 Å². The summed E-state index contributed by atoms with van der Waals surface area (Å²) in [6.07, 6.45) is 1.76. The minimum absolute atomic E-state index is 0.0708. The lowest BCUT2D eigenvalue weighted by atomic mass is 10.1. The van der Waals surface area contributed by atoms with Gasteiger partial charge < -0.3 is 10.6 Å². The number of benzene rings is 1. The summed E-state index contributed by atoms with van der Waals surface area (Å²) in [6, 6.07) is 5.91. The summed E-state index contributed by atoms with van der Waals surface area (Å²) < 4.78 is 26.5. The Morgan fingerprint density at radius 1 is 1.11 bits per heavy atom. The molecule has 0 radical (unpaired) electrons. The maximum absolute atomic E-state index is 12.6. The van der Waals surface area contributed by atoms with Crippen LogP contribution in [0.2, 0.25) is 0 Å². The van der Waals surface area contributed by atoms with E-state index >= 15 is 0 Å². The first kappa shape index (κ1) is 20.5. The molecule has 1 heterocycles. The molecule has 0 bridgehead atoms. The van der Waals surface area contributed by atoms with Crippen molar-refractivity contribution in [3.8, 4) is 0 Å². The number of thiophene rings is 1. The highest BCUT2D eigenvalue weighted by Gasteiger charge is 2.35. The minimum Gasteiger partial charge on any atom is -0.355 e. The average molecular weight is 422 g/mol. The molecule has 0 unspecified atom stereocenters. The molecule has 2 aromatic rings. The van der Waals surface area contributed by atoms with Crippen molar-refractivity contribution in [2.24, 2.45) is 0 Å². The van der Waals surface area contributed by atoms with E-state index in [0.717, 1.165) is 23.3 Å². The number of hydrogen-bond donors (Lipinski definition) is 2. The molecular formula is C19H23N3O4S2. The van der Waals surface area contributed by atoms with E-state index < -0.39 is 15.9 Å². The van der Waals surface area contributed by atoms with Crippen molar-refractivity contribution in [3.63, 3.8) is 0 Å². The van der Waals surface area contributed by atoms with E-state index in [9.17, 15) is 18.0 Å². The molecular weight excluding hydrogens is 398 g/mol. The first-order valence-corrected chi connectivity index (χ1v) is 11.1. The van der Waals surface area contributed by atoms with E-state index in [1.54, 1.807) is 7.05 Å². The molecule has 0 atom stereocenters. The second-order valence-corrected chi connectivity index (χ2v) is 10.0. The number of sulfonamides is 1. The topological polar surface area (TPSA) is 95.6 Å². The first-order valence-electron chi connectivity index (χ1n) is 8.88. The Morgan fingerprint density at radius 3 is 2.25 bits per heavy atom. The highest BCUT2D eigenvalue weighted by Crippen LogP contribution is 2.33. The molecule has 1 saturated carbocycles. The van der Waals surface area contributed by atoms with Gasteiger partial charge in [-0.3, -0.25) is 9.59 Å². The van der Waals surface area contributed by atoms with Crippen molar-refractivity contribution in [2.75, 3.05) is 19.4 Å². The third-order valence-corrected chi connectivity index (χ3v) is 7.97. The maximum atomic E-state index is 12.6. The molecule has 0 spiro atoms. The van der Waals surface area contributed by atoms with Gasteiger partial charge in [-0.15, -0.1) is 11.3 Å². The number of anilines is 1. The Morgan fingerprint density at radius 2 is 1.71 bits per heavy atom. The fraction of sp³-hybridized carbons (Fsp3) is 0.368. The van der Waals surface area contributed by atoms with Crippen LogP contribution in [0.5, 0.6) is 0 Å². The van der Waals surface area contributed by atoms with Crippen molar-refractivity contribution < 1.29 is 18.0 Å². The Balaban J connectivity index is 1.81. The van der Waals surface area contributed by atoms with Crippen LogP contribution in [0.4, 0.5) is 5.00 Å². The number of amides is 2. The van der Waals surface area contributed by atoms with E-state index in [1.165, 1.54) is 47.0 Å². The fourth-order valence-corrected chi connectivity index (χ4v) is 5.34. The lowest BCUT2D eigenvalue weighted by molar-refractivity contribution is 0.0963. The number of nitrogens with zero attached hydrogens (tertiary/aromatic N) is 1. The van der Waals surface area contributed by atoms with Gasteiger partial charge in [0.1, 0.15) is 5.00 Å². The van der Waals surface area contributed by atoms with Crippen LogP contribution in [-0.2, 0) is 10.0 Å². The van der Waals surface area contributed by atoms with E-state index in [4.69, 9.17) is 0 Å². The number of aryl methyl sites for hydroxylation is 1. The summed E-state index contributed by atoms with van der Waals surface area (Å²) in [7, 11) is -0.431. The standard InChI is InChI=1S/C19H23N3O4S2/c1-11-12(2)27-19(16(11)18(24)20-3)21-17(23)13-5-9-15(10-6-13)28(25,26)22(4)14-7-8-14/h5-6,9-10,14H,7-8H2,1-4H3,(H,20,24)(H,21,23). The van der Waals surface area contributed by atoms with Gasteiger partial charge in [0.25, 0.3) is 11.8 Å². The number of hydrogen-bond acceptors (Lipinski definition) is 5. The highest BCUT2D eigenvalue weighted by molar-refractivity contribution is 7.89. The summed E-state index contributed by atoms with van der Waals surface area (Å²) >= 11 is 1.33. The van der Waals surface area contributed by atoms with Gasteiger partial charge in [-0.25, -0.2) is 8.42 Å². The number of rotatable bonds is 6. The first-order chi connectivity index (χ1) is 13.2. The van der Waals surface area contributed by atoms with Crippen LogP contribution in [0.1, 0.15) is 44.0 Å². The van der Waals surface area contributed by atoms with Crippen LogP contribution in [-0.4, -0.2) is 44.7 Å². The van der Waals surface area contributed by atoms with Gasteiger partial charge in [0.05, 0.1) is 10.5 Å². The van der Waals surface area contributed by atoms with Crippen LogP contribution in [0, 0.1) is 13.8 Å². The molecule has 3 rings (SSSR count). The zero-order chi connectivity index (χ0) is 20.6. The summed E-state index contributed by atoms with van der Waals surface area (Å²) in [4.78, 5) is 25.9.